The number of hydrogen-bond acceptors (Lipinski definition) is 5. The van der Waals surface area contributed by atoms with Gasteiger partial charge in [0.25, 0.3) is 0 Å². The highest BCUT2D eigenvalue weighted by Gasteiger charge is 2.10. The number of benzene rings is 1. The van der Waals surface area contributed by atoms with E-state index < -0.39 is 0 Å². The second-order valence-electron chi connectivity index (χ2n) is 4.42. The number of hydrazine groups is 1. The molecule has 0 unspecified atom stereocenters. The second kappa shape index (κ2) is 5.67. The Morgan fingerprint density at radius 1 is 1.16 bits per heavy atom. The highest BCUT2D eigenvalue weighted by molar-refractivity contribution is 5.61. The first-order valence-electron chi connectivity index (χ1n) is 6.30. The van der Waals surface area contributed by atoms with Crippen molar-refractivity contribution in [3.8, 4) is 0 Å². The molecule has 2 rings (SSSR count). The zero-order valence-electron chi connectivity index (χ0n) is 11.5. The van der Waals surface area contributed by atoms with Gasteiger partial charge in [-0.05, 0) is 32.9 Å². The number of rotatable bonds is 4. The van der Waals surface area contributed by atoms with Gasteiger partial charge in [-0.1, -0.05) is 17.7 Å². The number of nitrogen functional groups attached to an aromatic ring is 1. The summed E-state index contributed by atoms with van der Waals surface area (Å²) in [5.74, 6) is 6.66. The molecule has 0 saturated carbocycles. The van der Waals surface area contributed by atoms with Gasteiger partial charge >= 0.3 is 0 Å². The van der Waals surface area contributed by atoms with Crippen LogP contribution in [0.15, 0.2) is 30.3 Å². The van der Waals surface area contributed by atoms with Gasteiger partial charge in [0.1, 0.15) is 5.82 Å². The summed E-state index contributed by atoms with van der Waals surface area (Å²) in [5.41, 5.74) is 5.72. The van der Waals surface area contributed by atoms with Gasteiger partial charge in [0.15, 0.2) is 0 Å². The predicted octanol–water partition coefficient (Wildman–Crippen LogP) is 2.54. The third kappa shape index (κ3) is 3.00. The van der Waals surface area contributed by atoms with Gasteiger partial charge < -0.3 is 4.90 Å². The van der Waals surface area contributed by atoms with E-state index in [0.717, 1.165) is 23.7 Å². The van der Waals surface area contributed by atoms with Crippen LogP contribution in [0.5, 0.6) is 0 Å². The molecule has 0 atom stereocenters. The van der Waals surface area contributed by atoms with E-state index >= 15 is 0 Å². The molecule has 2 aromatic rings. The van der Waals surface area contributed by atoms with Crippen molar-refractivity contribution in [1.82, 2.24) is 9.97 Å². The zero-order chi connectivity index (χ0) is 13.8. The van der Waals surface area contributed by atoms with Crippen molar-refractivity contribution in [2.24, 2.45) is 5.84 Å². The molecule has 100 valence electrons. The van der Waals surface area contributed by atoms with E-state index in [1.165, 1.54) is 5.56 Å². The summed E-state index contributed by atoms with van der Waals surface area (Å²) >= 11 is 0. The minimum Gasteiger partial charge on any atom is -0.326 e. The molecule has 1 aromatic heterocycles. The number of anilines is 3. The van der Waals surface area contributed by atoms with E-state index in [4.69, 9.17) is 5.84 Å². The van der Waals surface area contributed by atoms with Crippen LogP contribution in [-0.2, 0) is 0 Å². The molecule has 0 aliphatic rings. The van der Waals surface area contributed by atoms with E-state index in [1.54, 1.807) is 0 Å². The van der Waals surface area contributed by atoms with Crippen molar-refractivity contribution < 1.29 is 0 Å². The SMILES string of the molecule is CCN(c1ccc(C)cc1)c1cc(C)nc(NN)n1. The molecule has 1 aromatic carbocycles. The molecule has 0 aliphatic carbocycles. The fourth-order valence-electron chi connectivity index (χ4n) is 1.96. The van der Waals surface area contributed by atoms with Crippen molar-refractivity contribution in [2.75, 3.05) is 16.9 Å². The third-order valence-corrected chi connectivity index (χ3v) is 2.91. The Labute approximate surface area is 113 Å². The summed E-state index contributed by atoms with van der Waals surface area (Å²) in [5, 5.41) is 0. The Bertz CT molecular complexity index is 550. The van der Waals surface area contributed by atoms with Crippen LogP contribution in [0.2, 0.25) is 0 Å². The topological polar surface area (TPSA) is 67.1 Å². The molecule has 19 heavy (non-hydrogen) atoms. The van der Waals surface area contributed by atoms with Crippen LogP contribution in [-0.4, -0.2) is 16.5 Å². The molecule has 3 N–H and O–H groups in total. The van der Waals surface area contributed by atoms with Crippen LogP contribution in [0.4, 0.5) is 17.5 Å². The first-order valence-corrected chi connectivity index (χ1v) is 6.30. The zero-order valence-corrected chi connectivity index (χ0v) is 11.5. The Morgan fingerprint density at radius 2 is 1.84 bits per heavy atom. The summed E-state index contributed by atoms with van der Waals surface area (Å²) in [6.07, 6.45) is 0. The van der Waals surface area contributed by atoms with Crippen molar-refractivity contribution in [3.05, 3.63) is 41.6 Å². The van der Waals surface area contributed by atoms with Gasteiger partial charge in [-0.2, -0.15) is 4.98 Å². The summed E-state index contributed by atoms with van der Waals surface area (Å²) in [7, 11) is 0. The van der Waals surface area contributed by atoms with Crippen LogP contribution in [0.1, 0.15) is 18.2 Å². The maximum Gasteiger partial charge on any atom is 0.239 e. The molecule has 5 heteroatoms. The average Bonchev–Trinajstić information content (AvgIpc) is 2.41. The number of nitrogens with two attached hydrogens (primary N) is 1. The monoisotopic (exact) mass is 257 g/mol. The molecule has 0 aliphatic heterocycles. The highest BCUT2D eigenvalue weighted by atomic mass is 15.3. The van der Waals surface area contributed by atoms with E-state index in [1.807, 2.05) is 13.0 Å². The van der Waals surface area contributed by atoms with Crippen molar-refractivity contribution in [3.63, 3.8) is 0 Å². The molecule has 0 fully saturated rings. The number of nitrogens with zero attached hydrogens (tertiary/aromatic N) is 3. The Hall–Kier alpha value is -2.14. The average molecular weight is 257 g/mol. The molecule has 0 bridgehead atoms. The lowest BCUT2D eigenvalue weighted by atomic mass is 10.2. The lowest BCUT2D eigenvalue weighted by molar-refractivity contribution is 0.962. The molecule has 0 spiro atoms. The minimum atomic E-state index is 0.431. The van der Waals surface area contributed by atoms with Gasteiger partial charge in [-0.15, -0.1) is 0 Å². The third-order valence-electron chi connectivity index (χ3n) is 2.91. The standard InChI is InChI=1S/C14H19N5/c1-4-19(12-7-5-10(2)6-8-12)13-9-11(3)16-14(17-13)18-15/h5-9H,4,15H2,1-3H3,(H,16,17,18). The number of nitrogens with one attached hydrogen (secondary N) is 1. The first-order chi connectivity index (χ1) is 9.13. The summed E-state index contributed by atoms with van der Waals surface area (Å²) in [6, 6.07) is 10.3. The number of aromatic nitrogens is 2. The fraction of sp³-hybridized carbons (Fsp3) is 0.286. The minimum absolute atomic E-state index is 0.431. The van der Waals surface area contributed by atoms with Crippen molar-refractivity contribution >= 4 is 17.5 Å². The largest absolute Gasteiger partial charge is 0.326 e. The van der Waals surface area contributed by atoms with E-state index in [9.17, 15) is 0 Å². The first kappa shape index (κ1) is 13.3. The van der Waals surface area contributed by atoms with Crippen molar-refractivity contribution in [1.29, 1.82) is 0 Å². The number of hydrogen-bond donors (Lipinski definition) is 2. The molecule has 0 amide bonds. The van der Waals surface area contributed by atoms with Gasteiger partial charge in [-0.25, -0.2) is 10.8 Å². The second-order valence-corrected chi connectivity index (χ2v) is 4.42. The van der Waals surface area contributed by atoms with Crippen LogP contribution in [0, 0.1) is 13.8 Å². The molecule has 5 nitrogen and oxygen atoms in total. The molecular formula is C14H19N5. The molecule has 0 saturated heterocycles. The van der Waals surface area contributed by atoms with Gasteiger partial charge in [0.05, 0.1) is 0 Å². The highest BCUT2D eigenvalue weighted by Crippen LogP contribution is 2.24. The smallest absolute Gasteiger partial charge is 0.239 e. The van der Waals surface area contributed by atoms with Crippen LogP contribution >= 0.6 is 0 Å². The summed E-state index contributed by atoms with van der Waals surface area (Å²) < 4.78 is 0. The van der Waals surface area contributed by atoms with Crippen LogP contribution in [0.3, 0.4) is 0 Å². The summed E-state index contributed by atoms with van der Waals surface area (Å²) in [4.78, 5) is 10.7. The van der Waals surface area contributed by atoms with Gasteiger partial charge in [0, 0.05) is 24.0 Å². The van der Waals surface area contributed by atoms with Gasteiger partial charge in [0.2, 0.25) is 5.95 Å². The lowest BCUT2D eigenvalue weighted by Crippen LogP contribution is -2.19. The maximum atomic E-state index is 5.39. The Balaban J connectivity index is 2.41. The lowest BCUT2D eigenvalue weighted by Gasteiger charge is -2.22. The molecule has 0 radical (unpaired) electrons. The van der Waals surface area contributed by atoms with E-state index in [2.05, 4.69) is 58.4 Å². The quantitative estimate of drug-likeness (QED) is 0.651. The fourth-order valence-corrected chi connectivity index (χ4v) is 1.96. The Kier molecular flexibility index (Phi) is 3.97. The maximum absolute atomic E-state index is 5.39. The normalized spacial score (nSPS) is 10.3. The number of aryl methyl sites for hydroxylation is 2. The predicted molar refractivity (Wildman–Crippen MR) is 78.4 cm³/mol. The molecule has 1 heterocycles. The molecular weight excluding hydrogens is 238 g/mol. The van der Waals surface area contributed by atoms with Crippen LogP contribution < -0.4 is 16.2 Å². The summed E-state index contributed by atoms with van der Waals surface area (Å²) in [6.45, 7) is 6.91. The Morgan fingerprint density at radius 3 is 2.42 bits per heavy atom. The van der Waals surface area contributed by atoms with Crippen LogP contribution in [0.25, 0.3) is 0 Å². The van der Waals surface area contributed by atoms with Gasteiger partial charge in [-0.3, -0.25) is 5.43 Å². The van der Waals surface area contributed by atoms with Crippen molar-refractivity contribution in [2.45, 2.75) is 20.8 Å². The van der Waals surface area contributed by atoms with E-state index in [-0.39, 0.29) is 0 Å². The van der Waals surface area contributed by atoms with E-state index in [0.29, 0.717) is 5.95 Å².